The molecule has 108 valence electrons. The van der Waals surface area contributed by atoms with Crippen molar-refractivity contribution < 1.29 is 19.1 Å². The second kappa shape index (κ2) is 5.61. The monoisotopic (exact) mass is 277 g/mol. The van der Waals surface area contributed by atoms with Gasteiger partial charge in [-0.1, -0.05) is 18.7 Å². The zero-order valence-corrected chi connectivity index (χ0v) is 11.6. The molecule has 1 heterocycles. The van der Waals surface area contributed by atoms with Crippen LogP contribution < -0.4 is 5.32 Å². The summed E-state index contributed by atoms with van der Waals surface area (Å²) in [6, 6.07) is 0. The molecule has 5 heteroatoms. The largest absolute Gasteiger partial charge is 0.462 e. The van der Waals surface area contributed by atoms with Gasteiger partial charge in [0.15, 0.2) is 0 Å². The van der Waals surface area contributed by atoms with Gasteiger partial charge in [0.1, 0.15) is 0 Å². The second-order valence-electron chi connectivity index (χ2n) is 5.41. The summed E-state index contributed by atoms with van der Waals surface area (Å²) in [4.78, 5) is 35.1. The number of nitrogens with one attached hydrogen (secondary N) is 1. The molecule has 0 spiro atoms. The van der Waals surface area contributed by atoms with Gasteiger partial charge in [-0.05, 0) is 32.6 Å². The number of ether oxygens (including phenoxy) is 1. The van der Waals surface area contributed by atoms with E-state index in [1.54, 1.807) is 6.92 Å². The van der Waals surface area contributed by atoms with Crippen LogP contribution in [0, 0.1) is 11.3 Å². The van der Waals surface area contributed by atoms with Crippen LogP contribution in [0.2, 0.25) is 0 Å². The lowest BCUT2D eigenvalue weighted by molar-refractivity contribution is -0.139. The summed E-state index contributed by atoms with van der Waals surface area (Å²) in [6.45, 7) is 5.32. The lowest BCUT2D eigenvalue weighted by Crippen LogP contribution is -2.35. The first-order chi connectivity index (χ1) is 9.47. The van der Waals surface area contributed by atoms with Crippen molar-refractivity contribution in [2.75, 3.05) is 6.61 Å². The van der Waals surface area contributed by atoms with E-state index in [-0.39, 0.29) is 24.3 Å². The van der Waals surface area contributed by atoms with Crippen molar-refractivity contribution in [1.82, 2.24) is 5.32 Å². The number of esters is 1. The Kier molecular flexibility index (Phi) is 4.06. The molecule has 1 saturated heterocycles. The molecular formula is C15H19NO4. The first-order valence-corrected chi connectivity index (χ1v) is 6.83. The molecule has 2 atom stereocenters. The fraction of sp³-hybridized carbons (Fsp3) is 0.533. The number of carbonyl (C=O) groups is 3. The predicted molar refractivity (Wildman–Crippen MR) is 72.5 cm³/mol. The standard InChI is InChI=1S/C15H19NO4/c1-10(2)13(18)20-9-5-8-15-7-4-3-6-11(15)12(17)16-14(15)19/h4,7,11H,1,3,5-6,8-9H2,2H3,(H,16,17,19). The normalized spacial score (nSPS) is 27.9. The third-order valence-electron chi connectivity index (χ3n) is 3.95. The Bertz CT molecular complexity index is 494. The van der Waals surface area contributed by atoms with E-state index in [1.807, 2.05) is 12.2 Å². The molecule has 2 aliphatic rings. The van der Waals surface area contributed by atoms with Crippen molar-refractivity contribution in [2.45, 2.75) is 32.6 Å². The van der Waals surface area contributed by atoms with Gasteiger partial charge in [0.2, 0.25) is 11.8 Å². The van der Waals surface area contributed by atoms with E-state index in [2.05, 4.69) is 11.9 Å². The minimum atomic E-state index is -0.745. The van der Waals surface area contributed by atoms with Gasteiger partial charge in [0, 0.05) is 5.57 Å². The lowest BCUT2D eigenvalue weighted by Gasteiger charge is -2.30. The third kappa shape index (κ3) is 2.53. The van der Waals surface area contributed by atoms with E-state index in [1.165, 1.54) is 0 Å². The number of fused-ring (bicyclic) bond motifs is 1. The topological polar surface area (TPSA) is 72.5 Å². The van der Waals surface area contributed by atoms with Crippen molar-refractivity contribution in [3.8, 4) is 0 Å². The van der Waals surface area contributed by atoms with Crippen LogP contribution >= 0.6 is 0 Å². The number of hydrogen-bond acceptors (Lipinski definition) is 4. The summed E-state index contributed by atoms with van der Waals surface area (Å²) in [5.74, 6) is -1.12. The molecule has 2 unspecified atom stereocenters. The van der Waals surface area contributed by atoms with Crippen LogP contribution in [0.25, 0.3) is 0 Å². The third-order valence-corrected chi connectivity index (χ3v) is 3.95. The molecule has 0 bridgehead atoms. The summed E-state index contributed by atoms with van der Waals surface area (Å²) in [5, 5.41) is 2.42. The molecule has 2 rings (SSSR count). The Morgan fingerprint density at radius 1 is 1.55 bits per heavy atom. The number of allylic oxidation sites excluding steroid dienone is 1. The van der Waals surface area contributed by atoms with Crippen molar-refractivity contribution in [3.05, 3.63) is 24.3 Å². The number of amides is 2. The van der Waals surface area contributed by atoms with Gasteiger partial charge in [-0.25, -0.2) is 4.79 Å². The Balaban J connectivity index is 1.96. The van der Waals surface area contributed by atoms with Gasteiger partial charge >= 0.3 is 5.97 Å². The summed E-state index contributed by atoms with van der Waals surface area (Å²) >= 11 is 0. The second-order valence-corrected chi connectivity index (χ2v) is 5.41. The SMILES string of the molecule is C=C(C)C(=O)OCCCC12C=CCCC1C(=O)NC2=O. The molecule has 0 radical (unpaired) electrons. The molecule has 1 N–H and O–H groups in total. The smallest absolute Gasteiger partial charge is 0.333 e. The first kappa shape index (κ1) is 14.5. The van der Waals surface area contributed by atoms with Gasteiger partial charge in [0.25, 0.3) is 0 Å². The van der Waals surface area contributed by atoms with E-state index in [9.17, 15) is 14.4 Å². The molecule has 0 saturated carbocycles. The van der Waals surface area contributed by atoms with Gasteiger partial charge in [-0.2, -0.15) is 0 Å². The molecule has 2 amide bonds. The number of imide groups is 1. The van der Waals surface area contributed by atoms with E-state index >= 15 is 0 Å². The van der Waals surface area contributed by atoms with Gasteiger partial charge < -0.3 is 4.74 Å². The maximum absolute atomic E-state index is 12.1. The zero-order chi connectivity index (χ0) is 14.8. The Hall–Kier alpha value is -1.91. The highest BCUT2D eigenvalue weighted by molar-refractivity contribution is 6.08. The highest BCUT2D eigenvalue weighted by atomic mass is 16.5. The number of carbonyl (C=O) groups excluding carboxylic acids is 3. The molecule has 1 aliphatic carbocycles. The van der Waals surface area contributed by atoms with Crippen LogP contribution in [0.1, 0.15) is 32.6 Å². The quantitative estimate of drug-likeness (QED) is 0.272. The molecule has 5 nitrogen and oxygen atoms in total. The van der Waals surface area contributed by atoms with Crippen molar-refractivity contribution in [3.63, 3.8) is 0 Å². The van der Waals surface area contributed by atoms with Crippen LogP contribution in [0.4, 0.5) is 0 Å². The van der Waals surface area contributed by atoms with Crippen LogP contribution in [-0.4, -0.2) is 24.4 Å². The van der Waals surface area contributed by atoms with Crippen LogP contribution in [0.5, 0.6) is 0 Å². The van der Waals surface area contributed by atoms with Crippen LogP contribution in [-0.2, 0) is 19.1 Å². The predicted octanol–water partition coefficient (Wildman–Crippen LogP) is 1.49. The van der Waals surface area contributed by atoms with Crippen molar-refractivity contribution in [2.24, 2.45) is 11.3 Å². The Morgan fingerprint density at radius 2 is 2.30 bits per heavy atom. The van der Waals surface area contributed by atoms with Gasteiger partial charge in [-0.15, -0.1) is 0 Å². The minimum absolute atomic E-state index is 0.182. The maximum atomic E-state index is 12.1. The van der Waals surface area contributed by atoms with Crippen molar-refractivity contribution in [1.29, 1.82) is 0 Å². The fourth-order valence-corrected chi connectivity index (χ4v) is 2.87. The molecule has 0 aromatic carbocycles. The molecule has 20 heavy (non-hydrogen) atoms. The number of hydrogen-bond donors (Lipinski definition) is 1. The van der Waals surface area contributed by atoms with Crippen LogP contribution in [0.15, 0.2) is 24.3 Å². The highest BCUT2D eigenvalue weighted by Gasteiger charge is 2.53. The van der Waals surface area contributed by atoms with Crippen LogP contribution in [0.3, 0.4) is 0 Å². The van der Waals surface area contributed by atoms with E-state index < -0.39 is 11.4 Å². The molecule has 0 aromatic heterocycles. The Labute approximate surface area is 118 Å². The molecular weight excluding hydrogens is 258 g/mol. The minimum Gasteiger partial charge on any atom is -0.462 e. The fourth-order valence-electron chi connectivity index (χ4n) is 2.87. The zero-order valence-electron chi connectivity index (χ0n) is 11.6. The average Bonchev–Trinajstić information content (AvgIpc) is 2.67. The van der Waals surface area contributed by atoms with E-state index in [0.717, 1.165) is 6.42 Å². The number of rotatable bonds is 5. The molecule has 0 aromatic rings. The summed E-state index contributed by atoms with van der Waals surface area (Å²) in [6.07, 6.45) is 6.36. The first-order valence-electron chi connectivity index (χ1n) is 6.83. The van der Waals surface area contributed by atoms with Gasteiger partial charge in [0.05, 0.1) is 17.9 Å². The molecule has 1 fully saturated rings. The summed E-state index contributed by atoms with van der Waals surface area (Å²) in [5.41, 5.74) is -0.391. The van der Waals surface area contributed by atoms with E-state index in [4.69, 9.17) is 4.74 Å². The van der Waals surface area contributed by atoms with E-state index in [0.29, 0.717) is 24.8 Å². The summed E-state index contributed by atoms with van der Waals surface area (Å²) in [7, 11) is 0. The van der Waals surface area contributed by atoms with Gasteiger partial charge in [-0.3, -0.25) is 14.9 Å². The maximum Gasteiger partial charge on any atom is 0.333 e. The summed E-state index contributed by atoms with van der Waals surface area (Å²) < 4.78 is 5.02. The lowest BCUT2D eigenvalue weighted by atomic mass is 9.69. The Morgan fingerprint density at radius 3 is 3.00 bits per heavy atom. The van der Waals surface area contributed by atoms with Crippen molar-refractivity contribution >= 4 is 17.8 Å². The average molecular weight is 277 g/mol. The highest BCUT2D eigenvalue weighted by Crippen LogP contribution is 2.44. The molecule has 1 aliphatic heterocycles.